The van der Waals surface area contributed by atoms with Crippen molar-refractivity contribution in [2.24, 2.45) is 0 Å². The summed E-state index contributed by atoms with van der Waals surface area (Å²) in [5.41, 5.74) is 3.66. The number of aromatic amines is 2. The summed E-state index contributed by atoms with van der Waals surface area (Å²) >= 11 is 1.40. The number of amides is 1. The second-order valence-corrected chi connectivity index (χ2v) is 6.24. The van der Waals surface area contributed by atoms with E-state index in [2.05, 4.69) is 15.3 Å². The number of imidazole rings is 1. The Balaban J connectivity index is 1.64. The largest absolute Gasteiger partial charge is 0.323 e. The molecule has 0 bridgehead atoms. The van der Waals surface area contributed by atoms with Crippen molar-refractivity contribution in [3.63, 3.8) is 0 Å². The average molecular weight is 335 g/mol. The number of hydrogen-bond acceptors (Lipinski definition) is 3. The summed E-state index contributed by atoms with van der Waals surface area (Å²) in [6.45, 7) is 0. The number of aromatic nitrogens is 2. The highest BCUT2D eigenvalue weighted by atomic mass is 32.1. The Labute approximate surface area is 141 Å². The monoisotopic (exact) mass is 335 g/mol. The molecule has 0 saturated heterocycles. The molecule has 0 spiro atoms. The minimum absolute atomic E-state index is 0.166. The van der Waals surface area contributed by atoms with Crippen LogP contribution >= 0.6 is 11.3 Å². The minimum atomic E-state index is -0.266. The van der Waals surface area contributed by atoms with E-state index in [1.807, 2.05) is 41.8 Å². The molecule has 0 unspecified atom stereocenters. The summed E-state index contributed by atoms with van der Waals surface area (Å²) in [6.07, 6.45) is 0. The normalized spacial score (nSPS) is 10.8. The van der Waals surface area contributed by atoms with E-state index in [0.717, 1.165) is 11.1 Å². The van der Waals surface area contributed by atoms with Crippen molar-refractivity contribution < 1.29 is 4.79 Å². The average Bonchev–Trinajstić information content (AvgIpc) is 3.21. The Hall–Kier alpha value is -3.12. The van der Waals surface area contributed by atoms with Gasteiger partial charge in [-0.3, -0.25) is 4.79 Å². The molecule has 118 valence electrons. The van der Waals surface area contributed by atoms with Gasteiger partial charge >= 0.3 is 5.69 Å². The third-order valence-corrected chi connectivity index (χ3v) is 4.64. The van der Waals surface area contributed by atoms with Gasteiger partial charge in [-0.15, -0.1) is 11.3 Å². The van der Waals surface area contributed by atoms with Gasteiger partial charge in [0.15, 0.2) is 0 Å². The lowest BCUT2D eigenvalue weighted by atomic mass is 10.1. The highest BCUT2D eigenvalue weighted by Gasteiger charge is 2.15. The smallest absolute Gasteiger partial charge is 0.321 e. The van der Waals surface area contributed by atoms with Gasteiger partial charge in [0.1, 0.15) is 0 Å². The summed E-state index contributed by atoms with van der Waals surface area (Å²) in [4.78, 5) is 30.0. The van der Waals surface area contributed by atoms with Gasteiger partial charge in [0.25, 0.3) is 5.91 Å². The second-order valence-electron chi connectivity index (χ2n) is 5.32. The SMILES string of the molecule is O=C(Nc1ccc2[nH]c(=O)[nH]c2c1)c1sccc1-c1ccccc1. The first-order valence-corrected chi connectivity index (χ1v) is 8.25. The molecule has 6 heteroatoms. The van der Waals surface area contributed by atoms with E-state index >= 15 is 0 Å². The highest BCUT2D eigenvalue weighted by Crippen LogP contribution is 2.29. The van der Waals surface area contributed by atoms with Crippen molar-refractivity contribution in [2.75, 3.05) is 5.32 Å². The molecule has 0 atom stereocenters. The van der Waals surface area contributed by atoms with E-state index in [1.165, 1.54) is 11.3 Å². The standard InChI is InChI=1S/C18H13N3O2S/c22-17(16-13(8-9-24-16)11-4-2-1-3-5-11)19-12-6-7-14-15(10-12)21-18(23)20-14/h1-10H,(H,19,22)(H2,20,21,23). The molecule has 0 aliphatic rings. The van der Waals surface area contributed by atoms with Crippen molar-refractivity contribution >= 4 is 34.0 Å². The van der Waals surface area contributed by atoms with Gasteiger partial charge in [-0.05, 0) is 35.2 Å². The van der Waals surface area contributed by atoms with Gasteiger partial charge in [0.05, 0.1) is 15.9 Å². The van der Waals surface area contributed by atoms with Crippen LogP contribution in [0.25, 0.3) is 22.2 Å². The van der Waals surface area contributed by atoms with Gasteiger partial charge in [-0.25, -0.2) is 4.79 Å². The molecule has 2 aromatic heterocycles. The van der Waals surface area contributed by atoms with Gasteiger partial charge in [0, 0.05) is 11.3 Å². The summed E-state index contributed by atoms with van der Waals surface area (Å²) in [6, 6.07) is 17.0. The molecule has 5 nitrogen and oxygen atoms in total. The molecule has 4 rings (SSSR count). The molecule has 2 heterocycles. The third kappa shape index (κ3) is 2.63. The van der Waals surface area contributed by atoms with Crippen LogP contribution in [0.4, 0.5) is 5.69 Å². The quantitative estimate of drug-likeness (QED) is 0.532. The Bertz CT molecular complexity index is 1080. The summed E-state index contributed by atoms with van der Waals surface area (Å²) < 4.78 is 0. The third-order valence-electron chi connectivity index (χ3n) is 3.73. The van der Waals surface area contributed by atoms with Crippen LogP contribution in [0.1, 0.15) is 9.67 Å². The number of carbonyl (C=O) groups is 1. The molecule has 0 aliphatic heterocycles. The number of nitrogens with one attached hydrogen (secondary N) is 3. The van der Waals surface area contributed by atoms with Crippen LogP contribution in [0, 0.1) is 0 Å². The first kappa shape index (κ1) is 14.5. The highest BCUT2D eigenvalue weighted by molar-refractivity contribution is 7.12. The first-order valence-electron chi connectivity index (χ1n) is 7.37. The Morgan fingerprint density at radius 1 is 0.958 bits per heavy atom. The van der Waals surface area contributed by atoms with Crippen molar-refractivity contribution in [3.8, 4) is 11.1 Å². The minimum Gasteiger partial charge on any atom is -0.321 e. The molecule has 3 N–H and O–H groups in total. The number of hydrogen-bond donors (Lipinski definition) is 3. The van der Waals surface area contributed by atoms with E-state index in [-0.39, 0.29) is 11.6 Å². The number of anilines is 1. The van der Waals surface area contributed by atoms with Crippen molar-refractivity contribution in [1.82, 2.24) is 9.97 Å². The van der Waals surface area contributed by atoms with Crippen molar-refractivity contribution in [1.29, 1.82) is 0 Å². The number of carbonyl (C=O) groups excluding carboxylic acids is 1. The van der Waals surface area contributed by atoms with Crippen LogP contribution in [0.3, 0.4) is 0 Å². The lowest BCUT2D eigenvalue weighted by Gasteiger charge is -2.06. The molecule has 4 aromatic rings. The van der Waals surface area contributed by atoms with Crippen LogP contribution in [-0.4, -0.2) is 15.9 Å². The molecular formula is C18H13N3O2S. The van der Waals surface area contributed by atoms with Crippen LogP contribution in [0.15, 0.2) is 64.8 Å². The zero-order valence-corrected chi connectivity index (χ0v) is 13.3. The molecule has 0 aliphatic carbocycles. The van der Waals surface area contributed by atoms with E-state index in [9.17, 15) is 9.59 Å². The lowest BCUT2D eigenvalue weighted by Crippen LogP contribution is -2.11. The van der Waals surface area contributed by atoms with Crippen molar-refractivity contribution in [2.45, 2.75) is 0 Å². The molecule has 0 saturated carbocycles. The fourth-order valence-corrected chi connectivity index (χ4v) is 3.44. The second kappa shape index (κ2) is 5.82. The number of rotatable bonds is 3. The van der Waals surface area contributed by atoms with Crippen LogP contribution in [-0.2, 0) is 0 Å². The lowest BCUT2D eigenvalue weighted by molar-refractivity contribution is 0.103. The summed E-state index contributed by atoms with van der Waals surface area (Å²) in [7, 11) is 0. The maximum Gasteiger partial charge on any atom is 0.323 e. The van der Waals surface area contributed by atoms with Gasteiger partial charge in [-0.1, -0.05) is 30.3 Å². The van der Waals surface area contributed by atoms with E-state index < -0.39 is 0 Å². The molecular weight excluding hydrogens is 322 g/mol. The maximum atomic E-state index is 12.6. The maximum absolute atomic E-state index is 12.6. The topological polar surface area (TPSA) is 77.8 Å². The van der Waals surface area contributed by atoms with Crippen LogP contribution in [0.5, 0.6) is 0 Å². The van der Waals surface area contributed by atoms with Crippen LogP contribution < -0.4 is 11.0 Å². The predicted octanol–water partition coefficient (Wildman–Crippen LogP) is 3.84. The number of H-pyrrole nitrogens is 2. The number of benzene rings is 2. The predicted molar refractivity (Wildman–Crippen MR) is 96.6 cm³/mol. The fourth-order valence-electron chi connectivity index (χ4n) is 2.63. The Morgan fingerprint density at radius 2 is 1.75 bits per heavy atom. The molecule has 24 heavy (non-hydrogen) atoms. The summed E-state index contributed by atoms with van der Waals surface area (Å²) in [5, 5.41) is 4.80. The van der Waals surface area contributed by atoms with Crippen LogP contribution in [0.2, 0.25) is 0 Å². The molecule has 0 fully saturated rings. The zero-order chi connectivity index (χ0) is 16.5. The van der Waals surface area contributed by atoms with Crippen molar-refractivity contribution in [3.05, 3.63) is 75.3 Å². The van der Waals surface area contributed by atoms with Gasteiger partial charge < -0.3 is 15.3 Å². The van der Waals surface area contributed by atoms with Gasteiger partial charge in [-0.2, -0.15) is 0 Å². The first-order chi connectivity index (χ1) is 11.7. The van der Waals surface area contributed by atoms with Gasteiger partial charge in [0.2, 0.25) is 0 Å². The molecule has 2 aromatic carbocycles. The van der Waals surface area contributed by atoms with E-state index in [4.69, 9.17) is 0 Å². The Kier molecular flexibility index (Phi) is 3.51. The number of thiophene rings is 1. The zero-order valence-electron chi connectivity index (χ0n) is 12.5. The summed E-state index contributed by atoms with van der Waals surface area (Å²) in [5.74, 6) is -0.166. The Morgan fingerprint density at radius 3 is 2.58 bits per heavy atom. The molecule has 0 radical (unpaired) electrons. The fraction of sp³-hybridized carbons (Fsp3) is 0. The van der Waals surface area contributed by atoms with E-state index in [1.54, 1.807) is 18.2 Å². The molecule has 1 amide bonds. The van der Waals surface area contributed by atoms with E-state index in [0.29, 0.717) is 21.6 Å². The number of fused-ring (bicyclic) bond motifs is 1.